The quantitative estimate of drug-likeness (QED) is 0.750. The third kappa shape index (κ3) is 1.78. The first-order valence-corrected chi connectivity index (χ1v) is 6.02. The van der Waals surface area contributed by atoms with Gasteiger partial charge in [-0.05, 0) is 48.9 Å². The van der Waals surface area contributed by atoms with Crippen LogP contribution in [0.25, 0.3) is 0 Å². The van der Waals surface area contributed by atoms with Gasteiger partial charge in [-0.25, -0.2) is 4.39 Å². The van der Waals surface area contributed by atoms with Gasteiger partial charge in [-0.3, -0.25) is 0 Å². The van der Waals surface area contributed by atoms with E-state index in [4.69, 9.17) is 0 Å². The van der Waals surface area contributed by atoms with Crippen LogP contribution in [-0.2, 0) is 6.42 Å². The molecule has 0 radical (unpaired) electrons. The van der Waals surface area contributed by atoms with E-state index in [-0.39, 0.29) is 5.82 Å². The zero-order valence-electron chi connectivity index (χ0n) is 9.25. The minimum absolute atomic E-state index is 0.109. The van der Waals surface area contributed by atoms with E-state index < -0.39 is 0 Å². The molecule has 1 aromatic carbocycles. The predicted octanol–water partition coefficient (Wildman–Crippen LogP) is 3.12. The molecule has 0 amide bonds. The molecule has 16 heavy (non-hydrogen) atoms. The smallest absolute Gasteiger partial charge is 0.123 e. The number of halogens is 1. The molecular formula is C14H16FN. The van der Waals surface area contributed by atoms with Crippen molar-refractivity contribution in [3.8, 4) is 0 Å². The Balaban J connectivity index is 1.75. The molecule has 0 fully saturated rings. The molecule has 0 aromatic heterocycles. The molecular weight excluding hydrogens is 201 g/mol. The Morgan fingerprint density at radius 2 is 2.00 bits per heavy atom. The summed E-state index contributed by atoms with van der Waals surface area (Å²) in [6, 6.07) is 6.22. The van der Waals surface area contributed by atoms with Crippen LogP contribution < -0.4 is 5.32 Å². The van der Waals surface area contributed by atoms with Gasteiger partial charge in [0.15, 0.2) is 0 Å². The zero-order chi connectivity index (χ0) is 11.0. The highest BCUT2D eigenvalue weighted by Crippen LogP contribution is 2.32. The molecule has 1 unspecified atom stereocenters. The molecule has 2 aliphatic carbocycles. The van der Waals surface area contributed by atoms with Crippen LogP contribution in [0, 0.1) is 5.82 Å². The minimum atomic E-state index is -0.109. The number of rotatable bonds is 2. The van der Waals surface area contributed by atoms with Gasteiger partial charge < -0.3 is 5.32 Å². The van der Waals surface area contributed by atoms with Crippen molar-refractivity contribution in [2.75, 3.05) is 0 Å². The van der Waals surface area contributed by atoms with Crippen LogP contribution >= 0.6 is 0 Å². The lowest BCUT2D eigenvalue weighted by atomic mass is 10.1. The third-order valence-corrected chi connectivity index (χ3v) is 3.63. The molecule has 2 aliphatic rings. The molecule has 0 heterocycles. The summed E-state index contributed by atoms with van der Waals surface area (Å²) in [4.78, 5) is 0. The first-order chi connectivity index (χ1) is 7.83. The van der Waals surface area contributed by atoms with Crippen LogP contribution in [0.2, 0.25) is 0 Å². The van der Waals surface area contributed by atoms with E-state index in [2.05, 4.69) is 17.5 Å². The molecule has 2 heteroatoms. The Labute approximate surface area is 95.4 Å². The highest BCUT2D eigenvalue weighted by atomic mass is 19.1. The normalized spacial score (nSPS) is 23.9. The van der Waals surface area contributed by atoms with Crippen molar-refractivity contribution < 1.29 is 4.39 Å². The lowest BCUT2D eigenvalue weighted by Gasteiger charge is -2.19. The van der Waals surface area contributed by atoms with Gasteiger partial charge >= 0.3 is 0 Å². The largest absolute Gasteiger partial charge is 0.307 e. The number of aryl methyl sites for hydroxylation is 1. The van der Waals surface area contributed by atoms with E-state index in [1.807, 2.05) is 6.07 Å². The van der Waals surface area contributed by atoms with E-state index in [0.717, 1.165) is 25.7 Å². The van der Waals surface area contributed by atoms with Crippen molar-refractivity contribution in [2.24, 2.45) is 0 Å². The van der Waals surface area contributed by atoms with Crippen molar-refractivity contribution in [1.29, 1.82) is 0 Å². The second-order valence-electron chi connectivity index (χ2n) is 4.74. The Morgan fingerprint density at radius 1 is 1.19 bits per heavy atom. The van der Waals surface area contributed by atoms with Crippen LogP contribution in [0.4, 0.5) is 4.39 Å². The van der Waals surface area contributed by atoms with Crippen LogP contribution in [0.1, 0.15) is 36.4 Å². The summed E-state index contributed by atoms with van der Waals surface area (Å²) in [5.41, 5.74) is 2.48. The predicted molar refractivity (Wildman–Crippen MR) is 62.8 cm³/mol. The molecule has 0 saturated heterocycles. The molecule has 0 saturated carbocycles. The summed E-state index contributed by atoms with van der Waals surface area (Å²) in [7, 11) is 0. The standard InChI is InChI=1S/C14H16FN/c15-11-6-7-13-10(9-11)5-8-14(13)16-12-3-1-2-4-12/h1-2,6-7,9,12,14,16H,3-5,8H2. The maximum atomic E-state index is 13.1. The van der Waals surface area contributed by atoms with Gasteiger partial charge in [-0.1, -0.05) is 18.2 Å². The van der Waals surface area contributed by atoms with Crippen molar-refractivity contribution in [3.63, 3.8) is 0 Å². The number of nitrogens with one attached hydrogen (secondary N) is 1. The third-order valence-electron chi connectivity index (χ3n) is 3.63. The highest BCUT2D eigenvalue weighted by Gasteiger charge is 2.25. The molecule has 1 nitrogen and oxygen atoms in total. The Kier molecular flexibility index (Phi) is 2.52. The highest BCUT2D eigenvalue weighted by molar-refractivity contribution is 5.35. The van der Waals surface area contributed by atoms with Crippen molar-refractivity contribution in [2.45, 2.75) is 37.8 Å². The van der Waals surface area contributed by atoms with E-state index in [1.54, 1.807) is 12.1 Å². The van der Waals surface area contributed by atoms with E-state index in [1.165, 1.54) is 11.1 Å². The fourth-order valence-electron chi connectivity index (χ4n) is 2.80. The van der Waals surface area contributed by atoms with E-state index >= 15 is 0 Å². The van der Waals surface area contributed by atoms with Crippen LogP contribution in [-0.4, -0.2) is 6.04 Å². The summed E-state index contributed by atoms with van der Waals surface area (Å²) in [5.74, 6) is -0.109. The molecule has 1 aromatic rings. The maximum absolute atomic E-state index is 13.1. The van der Waals surface area contributed by atoms with Crippen LogP contribution in [0.5, 0.6) is 0 Å². The zero-order valence-corrected chi connectivity index (χ0v) is 9.25. The summed E-state index contributed by atoms with van der Waals surface area (Å²) < 4.78 is 13.1. The Hall–Kier alpha value is -1.15. The van der Waals surface area contributed by atoms with Gasteiger partial charge in [0, 0.05) is 12.1 Å². The number of hydrogen-bond acceptors (Lipinski definition) is 1. The molecule has 84 valence electrons. The number of fused-ring (bicyclic) bond motifs is 1. The molecule has 0 bridgehead atoms. The first-order valence-electron chi connectivity index (χ1n) is 6.02. The fourth-order valence-corrected chi connectivity index (χ4v) is 2.80. The number of hydrogen-bond donors (Lipinski definition) is 1. The van der Waals surface area contributed by atoms with Crippen molar-refractivity contribution in [1.82, 2.24) is 5.32 Å². The van der Waals surface area contributed by atoms with Gasteiger partial charge in [-0.15, -0.1) is 0 Å². The van der Waals surface area contributed by atoms with Crippen molar-refractivity contribution in [3.05, 3.63) is 47.3 Å². The fraction of sp³-hybridized carbons (Fsp3) is 0.429. The first kappa shape index (κ1) is 10.0. The molecule has 3 rings (SSSR count). The molecule has 1 N–H and O–H groups in total. The SMILES string of the molecule is Fc1ccc2c(c1)CCC2NC1CC=CC1. The topological polar surface area (TPSA) is 12.0 Å². The summed E-state index contributed by atoms with van der Waals surface area (Å²) in [5, 5.41) is 3.67. The molecule has 1 atom stereocenters. The minimum Gasteiger partial charge on any atom is -0.307 e. The average Bonchev–Trinajstić information content (AvgIpc) is 2.89. The Morgan fingerprint density at radius 3 is 2.81 bits per heavy atom. The lowest BCUT2D eigenvalue weighted by Crippen LogP contribution is -2.29. The average molecular weight is 217 g/mol. The second kappa shape index (κ2) is 4.02. The monoisotopic (exact) mass is 217 g/mol. The van der Waals surface area contributed by atoms with Crippen LogP contribution in [0.15, 0.2) is 30.4 Å². The van der Waals surface area contributed by atoms with Gasteiger partial charge in [0.1, 0.15) is 5.82 Å². The van der Waals surface area contributed by atoms with E-state index in [9.17, 15) is 4.39 Å². The van der Waals surface area contributed by atoms with Gasteiger partial charge in [0.25, 0.3) is 0 Å². The van der Waals surface area contributed by atoms with Gasteiger partial charge in [0.2, 0.25) is 0 Å². The van der Waals surface area contributed by atoms with Crippen LogP contribution in [0.3, 0.4) is 0 Å². The van der Waals surface area contributed by atoms with E-state index in [0.29, 0.717) is 12.1 Å². The van der Waals surface area contributed by atoms with Crippen molar-refractivity contribution >= 4 is 0 Å². The summed E-state index contributed by atoms with van der Waals surface area (Å²) in [6.07, 6.45) is 8.84. The summed E-state index contributed by atoms with van der Waals surface area (Å²) >= 11 is 0. The van der Waals surface area contributed by atoms with Gasteiger partial charge in [0.05, 0.1) is 0 Å². The lowest BCUT2D eigenvalue weighted by molar-refractivity contribution is 0.446. The maximum Gasteiger partial charge on any atom is 0.123 e. The second-order valence-corrected chi connectivity index (χ2v) is 4.74. The summed E-state index contributed by atoms with van der Waals surface area (Å²) in [6.45, 7) is 0. The Bertz CT molecular complexity index is 417. The number of benzene rings is 1. The van der Waals surface area contributed by atoms with Gasteiger partial charge in [-0.2, -0.15) is 0 Å². The molecule has 0 spiro atoms. The molecule has 0 aliphatic heterocycles.